The minimum atomic E-state index is -3.13. The highest BCUT2D eigenvalue weighted by molar-refractivity contribution is 7.85. The second-order valence-corrected chi connectivity index (χ2v) is 14.5. The largest absolute Gasteiger partial charge is 0.309 e. The quantitative estimate of drug-likeness (QED) is 0.179. The molecule has 9 aromatic rings. The van der Waals surface area contributed by atoms with Crippen molar-refractivity contribution in [1.29, 1.82) is 0 Å². The molecule has 0 radical (unpaired) electrons. The van der Waals surface area contributed by atoms with Crippen molar-refractivity contribution in [2.45, 2.75) is 0 Å². The molecule has 0 N–H and O–H groups in total. The van der Waals surface area contributed by atoms with Gasteiger partial charge < -0.3 is 13.7 Å². The maximum absolute atomic E-state index is 15.2. The lowest BCUT2D eigenvalue weighted by molar-refractivity contribution is 0.592. The van der Waals surface area contributed by atoms with E-state index in [4.69, 9.17) is 0 Å². The number of benzene rings is 7. The zero-order valence-corrected chi connectivity index (χ0v) is 25.9. The third kappa shape index (κ3) is 3.96. The van der Waals surface area contributed by atoms with Crippen LogP contribution >= 0.6 is 7.14 Å². The summed E-state index contributed by atoms with van der Waals surface area (Å²) in [6.45, 7) is 0. The lowest BCUT2D eigenvalue weighted by Crippen LogP contribution is -2.25. The molecule has 9 rings (SSSR count). The molecule has 0 bridgehead atoms. The summed E-state index contributed by atoms with van der Waals surface area (Å²) >= 11 is 0. The molecule has 0 fully saturated rings. The summed E-state index contributed by atoms with van der Waals surface area (Å²) in [6.07, 6.45) is 0. The van der Waals surface area contributed by atoms with Crippen molar-refractivity contribution in [2.75, 3.05) is 0 Å². The number of aromatic nitrogens is 2. The second kappa shape index (κ2) is 10.5. The standard InChI is InChI=1S/C42H29N2OP/c45-46(32-15-3-1-4-16-32,33-17-5-2-6-18-33)34-19-13-14-30(28-34)43-41-25-12-9-22-37(41)38-29-31(26-27-42(38)43)44-39-23-10-7-20-35(39)36-21-8-11-24-40(36)44/h1-29H. The molecule has 2 aromatic heterocycles. The van der Waals surface area contributed by atoms with Crippen molar-refractivity contribution in [3.8, 4) is 11.4 Å². The van der Waals surface area contributed by atoms with Crippen molar-refractivity contribution in [1.82, 2.24) is 9.13 Å². The van der Waals surface area contributed by atoms with Crippen LogP contribution in [0.3, 0.4) is 0 Å². The lowest BCUT2D eigenvalue weighted by atomic mass is 10.1. The van der Waals surface area contributed by atoms with Gasteiger partial charge in [0, 0.05) is 48.8 Å². The topological polar surface area (TPSA) is 26.9 Å². The van der Waals surface area contributed by atoms with E-state index in [2.05, 4.69) is 112 Å². The summed E-state index contributed by atoms with van der Waals surface area (Å²) in [5.74, 6) is 0. The normalized spacial score (nSPS) is 12.0. The Morgan fingerprint density at radius 1 is 0.326 bits per heavy atom. The Balaban J connectivity index is 1.28. The lowest BCUT2D eigenvalue weighted by Gasteiger charge is -2.21. The van der Waals surface area contributed by atoms with Crippen molar-refractivity contribution >= 4 is 66.7 Å². The molecule has 3 nitrogen and oxygen atoms in total. The van der Waals surface area contributed by atoms with E-state index < -0.39 is 7.14 Å². The van der Waals surface area contributed by atoms with Gasteiger partial charge in [-0.3, -0.25) is 0 Å². The van der Waals surface area contributed by atoms with E-state index in [0.29, 0.717) is 0 Å². The smallest absolute Gasteiger partial charge is 0.171 e. The first-order valence-corrected chi connectivity index (χ1v) is 17.3. The van der Waals surface area contributed by atoms with Gasteiger partial charge in [0.05, 0.1) is 22.1 Å². The molecular formula is C42H29N2OP. The highest BCUT2D eigenvalue weighted by Gasteiger charge is 2.30. The Bertz CT molecular complexity index is 2520. The van der Waals surface area contributed by atoms with E-state index in [1.54, 1.807) is 0 Å². The van der Waals surface area contributed by atoms with E-state index in [-0.39, 0.29) is 0 Å². The summed E-state index contributed by atoms with van der Waals surface area (Å²) in [6, 6.07) is 60.6. The van der Waals surface area contributed by atoms with Gasteiger partial charge >= 0.3 is 0 Å². The maximum atomic E-state index is 15.2. The average Bonchev–Trinajstić information content (AvgIpc) is 3.65. The van der Waals surface area contributed by atoms with Crippen LogP contribution in [0.25, 0.3) is 55.0 Å². The number of hydrogen-bond donors (Lipinski definition) is 0. The van der Waals surface area contributed by atoms with Crippen molar-refractivity contribution < 1.29 is 4.57 Å². The molecule has 0 aliphatic rings. The molecule has 0 unspecified atom stereocenters. The van der Waals surface area contributed by atoms with Crippen LogP contribution in [0.15, 0.2) is 176 Å². The molecule has 46 heavy (non-hydrogen) atoms. The molecule has 4 heteroatoms. The van der Waals surface area contributed by atoms with Crippen LogP contribution in [0.1, 0.15) is 0 Å². The molecule has 0 spiro atoms. The van der Waals surface area contributed by atoms with Gasteiger partial charge in [0.1, 0.15) is 0 Å². The fourth-order valence-corrected chi connectivity index (χ4v) is 9.82. The zero-order valence-electron chi connectivity index (χ0n) is 25.0. The van der Waals surface area contributed by atoms with Gasteiger partial charge in [0.2, 0.25) is 0 Å². The Morgan fingerprint density at radius 2 is 0.739 bits per heavy atom. The average molecular weight is 609 g/mol. The molecule has 0 aliphatic carbocycles. The van der Waals surface area contributed by atoms with Crippen LogP contribution in [-0.2, 0) is 4.57 Å². The van der Waals surface area contributed by atoms with Crippen LogP contribution in [0, 0.1) is 0 Å². The summed E-state index contributed by atoms with van der Waals surface area (Å²) < 4.78 is 19.9. The highest BCUT2D eigenvalue weighted by atomic mass is 31.2. The Kier molecular flexibility index (Phi) is 6.09. The fourth-order valence-electron chi connectivity index (χ4n) is 7.13. The van der Waals surface area contributed by atoms with Crippen LogP contribution < -0.4 is 15.9 Å². The van der Waals surface area contributed by atoms with Crippen LogP contribution in [0.2, 0.25) is 0 Å². The van der Waals surface area contributed by atoms with E-state index in [1.807, 2.05) is 72.8 Å². The minimum Gasteiger partial charge on any atom is -0.309 e. The molecule has 0 amide bonds. The Morgan fingerprint density at radius 3 is 1.28 bits per heavy atom. The first kappa shape index (κ1) is 26.7. The predicted octanol–water partition coefficient (Wildman–Crippen LogP) is 9.52. The summed E-state index contributed by atoms with van der Waals surface area (Å²) in [7, 11) is -3.13. The van der Waals surface area contributed by atoms with Gasteiger partial charge in [0.15, 0.2) is 7.14 Å². The number of para-hydroxylation sites is 3. The van der Waals surface area contributed by atoms with Crippen LogP contribution in [0.5, 0.6) is 0 Å². The number of fused-ring (bicyclic) bond motifs is 6. The fraction of sp³-hybridized carbons (Fsp3) is 0. The monoisotopic (exact) mass is 608 g/mol. The summed E-state index contributed by atoms with van der Waals surface area (Å²) in [5.41, 5.74) is 6.72. The first-order chi connectivity index (χ1) is 22.7. The molecule has 218 valence electrons. The maximum Gasteiger partial charge on any atom is 0.171 e. The van der Waals surface area contributed by atoms with Gasteiger partial charge in [0.25, 0.3) is 0 Å². The molecule has 0 aliphatic heterocycles. The predicted molar refractivity (Wildman–Crippen MR) is 195 cm³/mol. The van der Waals surface area contributed by atoms with E-state index >= 15 is 4.57 Å². The van der Waals surface area contributed by atoms with Gasteiger partial charge in [-0.2, -0.15) is 0 Å². The summed E-state index contributed by atoms with van der Waals surface area (Å²) in [5, 5.41) is 7.33. The van der Waals surface area contributed by atoms with Crippen molar-refractivity contribution in [2.24, 2.45) is 0 Å². The number of rotatable bonds is 5. The van der Waals surface area contributed by atoms with Crippen molar-refractivity contribution in [3.63, 3.8) is 0 Å². The molecule has 0 atom stereocenters. The zero-order chi connectivity index (χ0) is 30.7. The molecule has 7 aromatic carbocycles. The van der Waals surface area contributed by atoms with Crippen molar-refractivity contribution in [3.05, 3.63) is 176 Å². The Hall–Kier alpha value is -5.63. The van der Waals surface area contributed by atoms with E-state index in [9.17, 15) is 0 Å². The van der Waals surface area contributed by atoms with Gasteiger partial charge in [-0.15, -0.1) is 0 Å². The van der Waals surface area contributed by atoms with E-state index in [0.717, 1.165) is 38.3 Å². The van der Waals surface area contributed by atoms with Crippen LogP contribution in [-0.4, -0.2) is 9.13 Å². The molecule has 2 heterocycles. The van der Waals surface area contributed by atoms with Crippen LogP contribution in [0.4, 0.5) is 0 Å². The molecule has 0 saturated carbocycles. The third-order valence-electron chi connectivity index (χ3n) is 9.19. The number of hydrogen-bond acceptors (Lipinski definition) is 1. The molecular weight excluding hydrogens is 579 g/mol. The second-order valence-electron chi connectivity index (χ2n) is 11.7. The summed E-state index contributed by atoms with van der Waals surface area (Å²) in [4.78, 5) is 0. The van der Waals surface area contributed by atoms with Gasteiger partial charge in [-0.05, 0) is 48.5 Å². The third-order valence-corrected chi connectivity index (χ3v) is 12.2. The minimum absolute atomic E-state index is 0.815. The Labute approximate surface area is 267 Å². The van der Waals surface area contributed by atoms with E-state index in [1.165, 1.54) is 32.6 Å². The van der Waals surface area contributed by atoms with Gasteiger partial charge in [-0.1, -0.05) is 127 Å². The SMILES string of the molecule is O=P(c1ccccc1)(c1ccccc1)c1cccc(-n2c3ccccc3c3cc(-n4c5ccccc5c5ccccc54)ccc32)c1. The van der Waals surface area contributed by atoms with Gasteiger partial charge in [-0.25, -0.2) is 0 Å². The number of nitrogens with zero attached hydrogens (tertiary/aromatic N) is 2. The first-order valence-electron chi connectivity index (χ1n) is 15.6. The molecule has 0 saturated heterocycles. The highest BCUT2D eigenvalue weighted by Crippen LogP contribution is 2.43.